The molecule has 1 heteroatoms. The maximum absolute atomic E-state index is 9.54. The van der Waals surface area contributed by atoms with Crippen LogP contribution >= 0.6 is 0 Å². The standard InChI is InChI=1S/C47H37N/c1-4-30-7-15-34(16-8-30)42-27-43(35-17-9-31(5-2)10-18-35)39-25-26-41-45(37-21-13-33(29-48)14-22-37)28-44(36-19-11-32(6-3)12-20-36)40-24-23-38(42)46(39)47(40)41/h7-28H,4-6H2,1-3H3. The summed E-state index contributed by atoms with van der Waals surface area (Å²) in [7, 11) is 0. The van der Waals surface area contributed by atoms with Crippen molar-refractivity contribution in [2.24, 2.45) is 0 Å². The first-order valence-corrected chi connectivity index (χ1v) is 17.2. The van der Waals surface area contributed by atoms with Gasteiger partial charge in [0.1, 0.15) is 0 Å². The van der Waals surface area contributed by atoms with Crippen molar-refractivity contribution in [2.75, 3.05) is 0 Å². The fraction of sp³-hybridized carbons (Fsp3) is 0.128. The van der Waals surface area contributed by atoms with E-state index in [1.54, 1.807) is 0 Å². The van der Waals surface area contributed by atoms with Gasteiger partial charge in [-0.25, -0.2) is 0 Å². The number of hydrogen-bond acceptors (Lipinski definition) is 1. The summed E-state index contributed by atoms with van der Waals surface area (Å²) in [5.74, 6) is 0. The van der Waals surface area contributed by atoms with Gasteiger partial charge in [0.2, 0.25) is 0 Å². The average molecular weight is 616 g/mol. The van der Waals surface area contributed by atoms with E-state index in [-0.39, 0.29) is 0 Å². The monoisotopic (exact) mass is 615 g/mol. The molecule has 0 aromatic heterocycles. The predicted octanol–water partition coefficient (Wildman–Crippen LogP) is 12.8. The van der Waals surface area contributed by atoms with E-state index in [1.807, 2.05) is 12.1 Å². The highest BCUT2D eigenvalue weighted by molar-refractivity contribution is 6.31. The molecule has 0 saturated heterocycles. The average Bonchev–Trinajstić information content (AvgIpc) is 3.16. The largest absolute Gasteiger partial charge is 0.192 e. The van der Waals surface area contributed by atoms with Crippen molar-refractivity contribution in [3.05, 3.63) is 156 Å². The van der Waals surface area contributed by atoms with Gasteiger partial charge < -0.3 is 0 Å². The normalized spacial score (nSPS) is 11.5. The SMILES string of the molecule is CCc1ccc(-c2cc(-c3ccc(C#N)cc3)c3ccc4c(-c5ccc(CC)cc5)cc(-c5ccc(CC)cc5)c5ccc2c3c45)cc1. The van der Waals surface area contributed by atoms with Crippen LogP contribution in [0.2, 0.25) is 0 Å². The quantitative estimate of drug-likeness (QED) is 0.164. The van der Waals surface area contributed by atoms with Gasteiger partial charge >= 0.3 is 0 Å². The van der Waals surface area contributed by atoms with Gasteiger partial charge in [0.05, 0.1) is 11.6 Å². The van der Waals surface area contributed by atoms with Crippen molar-refractivity contribution in [1.29, 1.82) is 5.26 Å². The molecule has 48 heavy (non-hydrogen) atoms. The van der Waals surface area contributed by atoms with E-state index < -0.39 is 0 Å². The highest BCUT2D eigenvalue weighted by Crippen LogP contribution is 2.48. The first kappa shape index (κ1) is 29.7. The van der Waals surface area contributed by atoms with Gasteiger partial charge in [-0.05, 0) is 137 Å². The molecule has 0 aliphatic carbocycles. The van der Waals surface area contributed by atoms with E-state index in [2.05, 4.69) is 148 Å². The third kappa shape index (κ3) is 4.93. The van der Waals surface area contributed by atoms with Gasteiger partial charge in [0.15, 0.2) is 0 Å². The lowest BCUT2D eigenvalue weighted by atomic mass is 9.81. The van der Waals surface area contributed by atoms with Crippen molar-refractivity contribution in [1.82, 2.24) is 0 Å². The molecule has 0 fully saturated rings. The Morgan fingerprint density at radius 1 is 0.375 bits per heavy atom. The van der Waals surface area contributed by atoms with E-state index in [0.717, 1.165) is 24.8 Å². The van der Waals surface area contributed by atoms with Crippen molar-refractivity contribution in [3.8, 4) is 50.6 Å². The zero-order valence-electron chi connectivity index (χ0n) is 27.8. The van der Waals surface area contributed by atoms with Gasteiger partial charge in [-0.3, -0.25) is 0 Å². The van der Waals surface area contributed by atoms with Crippen molar-refractivity contribution >= 4 is 32.3 Å². The number of aryl methyl sites for hydroxylation is 3. The Bertz CT molecular complexity index is 2390. The minimum absolute atomic E-state index is 0.671. The maximum atomic E-state index is 9.54. The van der Waals surface area contributed by atoms with Gasteiger partial charge in [0.25, 0.3) is 0 Å². The first-order chi connectivity index (χ1) is 23.6. The van der Waals surface area contributed by atoms with Gasteiger partial charge in [0, 0.05) is 0 Å². The molecule has 230 valence electrons. The van der Waals surface area contributed by atoms with Crippen LogP contribution in [0.1, 0.15) is 43.0 Å². The Kier molecular flexibility index (Phi) is 7.51. The second-order valence-corrected chi connectivity index (χ2v) is 12.9. The lowest BCUT2D eigenvalue weighted by Gasteiger charge is -2.22. The summed E-state index contributed by atoms with van der Waals surface area (Å²) >= 11 is 0. The molecule has 0 spiro atoms. The summed E-state index contributed by atoms with van der Waals surface area (Å²) in [6, 6.07) is 51.7. The van der Waals surface area contributed by atoms with Crippen LogP contribution in [0.4, 0.5) is 0 Å². The van der Waals surface area contributed by atoms with Crippen molar-refractivity contribution < 1.29 is 0 Å². The molecule has 0 radical (unpaired) electrons. The van der Waals surface area contributed by atoms with Gasteiger partial charge in [-0.2, -0.15) is 5.26 Å². The Balaban J connectivity index is 1.52. The van der Waals surface area contributed by atoms with E-state index in [4.69, 9.17) is 0 Å². The lowest BCUT2D eigenvalue weighted by Crippen LogP contribution is -1.95. The number of hydrogen-bond donors (Lipinski definition) is 0. The molecular formula is C47H37N. The molecule has 8 aromatic carbocycles. The molecule has 8 aromatic rings. The zero-order valence-corrected chi connectivity index (χ0v) is 27.8. The summed E-state index contributed by atoms with van der Waals surface area (Å²) < 4.78 is 0. The van der Waals surface area contributed by atoms with Gasteiger partial charge in [-0.15, -0.1) is 0 Å². The van der Waals surface area contributed by atoms with E-state index >= 15 is 0 Å². The van der Waals surface area contributed by atoms with Crippen LogP contribution in [0.5, 0.6) is 0 Å². The molecule has 0 N–H and O–H groups in total. The molecule has 0 aliphatic rings. The van der Waals surface area contributed by atoms with E-state index in [1.165, 1.54) is 88.0 Å². The minimum Gasteiger partial charge on any atom is -0.192 e. The fourth-order valence-electron chi connectivity index (χ4n) is 7.43. The van der Waals surface area contributed by atoms with Crippen LogP contribution < -0.4 is 0 Å². The zero-order chi connectivity index (χ0) is 32.8. The second kappa shape index (κ2) is 12.1. The third-order valence-electron chi connectivity index (χ3n) is 10.2. The highest BCUT2D eigenvalue weighted by Gasteiger charge is 2.21. The van der Waals surface area contributed by atoms with Crippen LogP contribution in [-0.2, 0) is 19.3 Å². The van der Waals surface area contributed by atoms with Gasteiger partial charge in [-0.1, -0.05) is 130 Å². The molecule has 0 unspecified atom stereocenters. The summed E-state index contributed by atoms with van der Waals surface area (Å²) in [5.41, 5.74) is 14.4. The summed E-state index contributed by atoms with van der Waals surface area (Å²) in [6.45, 7) is 6.62. The topological polar surface area (TPSA) is 23.8 Å². The van der Waals surface area contributed by atoms with Crippen LogP contribution in [0.15, 0.2) is 133 Å². The summed E-state index contributed by atoms with van der Waals surface area (Å²) in [4.78, 5) is 0. The minimum atomic E-state index is 0.671. The number of nitrogens with zero attached hydrogens (tertiary/aromatic N) is 1. The highest BCUT2D eigenvalue weighted by atomic mass is 14.3. The Hall–Kier alpha value is -5.71. The smallest absolute Gasteiger partial charge is 0.0991 e. The molecule has 8 rings (SSSR count). The van der Waals surface area contributed by atoms with Crippen molar-refractivity contribution in [3.63, 3.8) is 0 Å². The predicted molar refractivity (Wildman–Crippen MR) is 205 cm³/mol. The van der Waals surface area contributed by atoms with Crippen LogP contribution in [0.3, 0.4) is 0 Å². The van der Waals surface area contributed by atoms with Crippen molar-refractivity contribution in [2.45, 2.75) is 40.0 Å². The van der Waals surface area contributed by atoms with E-state index in [0.29, 0.717) is 5.56 Å². The number of nitriles is 1. The molecule has 0 aliphatic heterocycles. The number of benzene rings is 8. The third-order valence-corrected chi connectivity index (χ3v) is 10.2. The lowest BCUT2D eigenvalue weighted by molar-refractivity contribution is 1.14. The summed E-state index contributed by atoms with van der Waals surface area (Å²) in [5, 5.41) is 17.2. The maximum Gasteiger partial charge on any atom is 0.0991 e. The van der Waals surface area contributed by atoms with E-state index in [9.17, 15) is 5.26 Å². The van der Waals surface area contributed by atoms with Crippen LogP contribution in [0.25, 0.3) is 76.8 Å². The molecule has 0 amide bonds. The molecule has 0 atom stereocenters. The molecule has 0 heterocycles. The fourth-order valence-corrected chi connectivity index (χ4v) is 7.43. The molecule has 0 bridgehead atoms. The summed E-state index contributed by atoms with van der Waals surface area (Å²) in [6.07, 6.45) is 3.06. The first-order valence-electron chi connectivity index (χ1n) is 17.2. The second-order valence-electron chi connectivity index (χ2n) is 12.9. The Labute approximate surface area is 283 Å². The molecular weight excluding hydrogens is 579 g/mol. The van der Waals surface area contributed by atoms with Crippen LogP contribution in [0, 0.1) is 11.3 Å². The van der Waals surface area contributed by atoms with Crippen LogP contribution in [-0.4, -0.2) is 0 Å². The molecule has 1 nitrogen and oxygen atoms in total. The Morgan fingerprint density at radius 3 is 0.896 bits per heavy atom. The number of rotatable bonds is 7. The molecule has 0 saturated carbocycles. The Morgan fingerprint density at radius 2 is 0.646 bits per heavy atom.